The van der Waals surface area contributed by atoms with Gasteiger partial charge in [0.1, 0.15) is 11.6 Å². The molecule has 0 aliphatic carbocycles. The lowest BCUT2D eigenvalue weighted by molar-refractivity contribution is -0.134. The van der Waals surface area contributed by atoms with Crippen molar-refractivity contribution < 1.29 is 19.1 Å². The lowest BCUT2D eigenvalue weighted by atomic mass is 10.0. The van der Waals surface area contributed by atoms with Crippen LogP contribution in [0.1, 0.15) is 31.4 Å². The number of rotatable bonds is 3. The fraction of sp³-hybridized carbons (Fsp3) is 0.385. The van der Waals surface area contributed by atoms with Crippen molar-refractivity contribution in [2.24, 2.45) is 0 Å². The van der Waals surface area contributed by atoms with Gasteiger partial charge >= 0.3 is 0 Å². The molecule has 0 radical (unpaired) electrons. The van der Waals surface area contributed by atoms with Gasteiger partial charge in [-0.25, -0.2) is 4.39 Å². The largest absolute Gasteiger partial charge is 0.508 e. The van der Waals surface area contributed by atoms with Gasteiger partial charge in [-0.3, -0.25) is 20.2 Å². The van der Waals surface area contributed by atoms with E-state index >= 15 is 0 Å². The highest BCUT2D eigenvalue weighted by Crippen LogP contribution is 2.25. The van der Waals surface area contributed by atoms with Crippen LogP contribution >= 0.6 is 0 Å². The van der Waals surface area contributed by atoms with Gasteiger partial charge in [0.15, 0.2) is 0 Å². The number of aromatic hydroxyl groups is 1. The molecule has 2 amide bonds. The normalized spacial score (nSPS) is 21.1. The third-order valence-electron chi connectivity index (χ3n) is 3.15. The number of carbonyl (C=O) groups excluding carboxylic acids is 2. The fourth-order valence-corrected chi connectivity index (χ4v) is 2.12. The molecule has 3 N–H and O–H groups in total. The second-order valence-corrected chi connectivity index (χ2v) is 4.60. The summed E-state index contributed by atoms with van der Waals surface area (Å²) in [6.45, 7) is 1.72. The Balaban J connectivity index is 2.08. The molecule has 0 saturated carbocycles. The first-order chi connectivity index (χ1) is 8.97. The quantitative estimate of drug-likeness (QED) is 0.713. The van der Waals surface area contributed by atoms with Crippen LogP contribution in [0.5, 0.6) is 5.75 Å². The van der Waals surface area contributed by atoms with Crippen molar-refractivity contribution in [3.63, 3.8) is 0 Å². The number of amides is 2. The number of halogens is 1. The molecule has 1 aromatic rings. The summed E-state index contributed by atoms with van der Waals surface area (Å²) in [6.07, 6.45) is 0.663. The molecule has 102 valence electrons. The monoisotopic (exact) mass is 266 g/mol. The smallest absolute Gasteiger partial charge is 0.243 e. The highest BCUT2D eigenvalue weighted by atomic mass is 19.1. The zero-order valence-electron chi connectivity index (χ0n) is 10.4. The van der Waals surface area contributed by atoms with Crippen LogP contribution in [0, 0.1) is 5.82 Å². The van der Waals surface area contributed by atoms with Crippen LogP contribution in [0.25, 0.3) is 0 Å². The van der Waals surface area contributed by atoms with Crippen molar-refractivity contribution in [2.75, 3.05) is 0 Å². The summed E-state index contributed by atoms with van der Waals surface area (Å²) in [7, 11) is 0. The maximum atomic E-state index is 13.2. The van der Waals surface area contributed by atoms with E-state index in [0.29, 0.717) is 12.0 Å². The van der Waals surface area contributed by atoms with E-state index in [9.17, 15) is 19.1 Å². The molecular weight excluding hydrogens is 251 g/mol. The third-order valence-corrected chi connectivity index (χ3v) is 3.15. The summed E-state index contributed by atoms with van der Waals surface area (Å²) in [5, 5.41) is 14.9. The topological polar surface area (TPSA) is 78.4 Å². The van der Waals surface area contributed by atoms with E-state index in [1.165, 1.54) is 12.1 Å². The predicted molar refractivity (Wildman–Crippen MR) is 65.8 cm³/mol. The number of phenols is 1. The Bertz CT molecular complexity index is 519. The molecule has 1 fully saturated rings. The molecular formula is C13H15FN2O3. The van der Waals surface area contributed by atoms with Crippen molar-refractivity contribution >= 4 is 11.8 Å². The zero-order chi connectivity index (χ0) is 14.0. The Morgan fingerprint density at radius 3 is 2.89 bits per heavy atom. The molecule has 5 nitrogen and oxygen atoms in total. The van der Waals surface area contributed by atoms with Crippen molar-refractivity contribution in [1.82, 2.24) is 10.6 Å². The van der Waals surface area contributed by atoms with Gasteiger partial charge in [-0.05, 0) is 31.5 Å². The molecule has 0 bridgehead atoms. The Morgan fingerprint density at radius 1 is 1.47 bits per heavy atom. The van der Waals surface area contributed by atoms with E-state index in [1.54, 1.807) is 6.92 Å². The lowest BCUT2D eigenvalue weighted by Gasteiger charge is -2.26. The number of benzene rings is 1. The summed E-state index contributed by atoms with van der Waals surface area (Å²) in [5.74, 6) is -1.17. The number of nitrogens with one attached hydrogen (secondary N) is 2. The highest BCUT2D eigenvalue weighted by molar-refractivity contribution is 6.00. The van der Waals surface area contributed by atoms with Crippen LogP contribution in [0.2, 0.25) is 0 Å². The summed E-state index contributed by atoms with van der Waals surface area (Å²) < 4.78 is 13.2. The van der Waals surface area contributed by atoms with Gasteiger partial charge in [0.05, 0.1) is 6.04 Å². The van der Waals surface area contributed by atoms with E-state index in [-0.39, 0.29) is 24.0 Å². The molecule has 2 rings (SSSR count). The number of piperidine rings is 1. The Kier molecular flexibility index (Phi) is 3.80. The fourth-order valence-electron chi connectivity index (χ4n) is 2.12. The van der Waals surface area contributed by atoms with Crippen molar-refractivity contribution in [2.45, 2.75) is 31.8 Å². The van der Waals surface area contributed by atoms with Crippen molar-refractivity contribution in [1.29, 1.82) is 0 Å². The van der Waals surface area contributed by atoms with E-state index in [0.717, 1.165) is 6.07 Å². The molecule has 0 aromatic heterocycles. The second-order valence-electron chi connectivity index (χ2n) is 4.60. The van der Waals surface area contributed by atoms with Crippen LogP contribution in [-0.4, -0.2) is 23.0 Å². The zero-order valence-corrected chi connectivity index (χ0v) is 10.4. The van der Waals surface area contributed by atoms with Crippen LogP contribution in [-0.2, 0) is 9.59 Å². The van der Waals surface area contributed by atoms with Crippen molar-refractivity contribution in [3.05, 3.63) is 29.6 Å². The summed E-state index contributed by atoms with van der Waals surface area (Å²) >= 11 is 0. The molecule has 1 aliphatic rings. The lowest BCUT2D eigenvalue weighted by Crippen LogP contribution is -2.51. The molecule has 2 unspecified atom stereocenters. The average Bonchev–Trinajstić information content (AvgIpc) is 2.35. The summed E-state index contributed by atoms with van der Waals surface area (Å²) in [6, 6.07) is 2.74. The number of carbonyl (C=O) groups is 2. The minimum Gasteiger partial charge on any atom is -0.508 e. The highest BCUT2D eigenvalue weighted by Gasteiger charge is 2.28. The van der Waals surface area contributed by atoms with Gasteiger partial charge in [-0.1, -0.05) is 0 Å². The van der Waals surface area contributed by atoms with E-state index < -0.39 is 17.9 Å². The Hall–Kier alpha value is -1.95. The number of imide groups is 1. The predicted octanol–water partition coefficient (Wildman–Crippen LogP) is 0.987. The van der Waals surface area contributed by atoms with Crippen LogP contribution in [0.4, 0.5) is 4.39 Å². The summed E-state index contributed by atoms with van der Waals surface area (Å²) in [4.78, 5) is 22.6. The summed E-state index contributed by atoms with van der Waals surface area (Å²) in [5.41, 5.74) is 0.379. The molecule has 1 aromatic carbocycles. The first-order valence-electron chi connectivity index (χ1n) is 6.05. The first kappa shape index (κ1) is 13.5. The van der Waals surface area contributed by atoms with Gasteiger partial charge in [0.25, 0.3) is 0 Å². The molecule has 1 saturated heterocycles. The van der Waals surface area contributed by atoms with E-state index in [1.807, 2.05) is 0 Å². The maximum absolute atomic E-state index is 13.2. The third kappa shape index (κ3) is 3.08. The molecule has 1 heterocycles. The Labute approximate surface area is 109 Å². The van der Waals surface area contributed by atoms with Crippen LogP contribution < -0.4 is 10.6 Å². The average molecular weight is 266 g/mol. The SMILES string of the molecule is CC(NC1CCC(=O)NC1=O)c1cc(F)ccc1O. The van der Waals surface area contributed by atoms with Gasteiger partial charge in [0.2, 0.25) is 11.8 Å². The Morgan fingerprint density at radius 2 is 2.21 bits per heavy atom. The van der Waals surface area contributed by atoms with E-state index in [2.05, 4.69) is 10.6 Å². The minimum absolute atomic E-state index is 0.0336. The molecule has 19 heavy (non-hydrogen) atoms. The number of hydrogen-bond donors (Lipinski definition) is 3. The number of phenolic OH excluding ortho intramolecular Hbond substituents is 1. The van der Waals surface area contributed by atoms with Gasteiger partial charge in [-0.15, -0.1) is 0 Å². The standard InChI is InChI=1S/C13H15FN2O3/c1-7(9-6-8(14)2-4-11(9)17)15-10-3-5-12(18)16-13(10)19/h2,4,6-7,10,15,17H,3,5H2,1H3,(H,16,18,19). The minimum atomic E-state index is -0.518. The van der Waals surface area contributed by atoms with Crippen LogP contribution in [0.3, 0.4) is 0 Å². The first-order valence-corrected chi connectivity index (χ1v) is 6.05. The molecule has 6 heteroatoms. The molecule has 2 atom stereocenters. The van der Waals surface area contributed by atoms with Gasteiger partial charge in [0, 0.05) is 18.0 Å². The van der Waals surface area contributed by atoms with Gasteiger partial charge in [-0.2, -0.15) is 0 Å². The van der Waals surface area contributed by atoms with E-state index in [4.69, 9.17) is 0 Å². The molecule has 0 spiro atoms. The molecule has 1 aliphatic heterocycles. The van der Waals surface area contributed by atoms with Crippen LogP contribution in [0.15, 0.2) is 18.2 Å². The van der Waals surface area contributed by atoms with Gasteiger partial charge < -0.3 is 5.11 Å². The second kappa shape index (κ2) is 5.36. The maximum Gasteiger partial charge on any atom is 0.243 e. The number of hydrogen-bond acceptors (Lipinski definition) is 4. The van der Waals surface area contributed by atoms with Crippen molar-refractivity contribution in [3.8, 4) is 5.75 Å².